The number of sulfonamides is 1. The van der Waals surface area contributed by atoms with Crippen molar-refractivity contribution in [2.75, 3.05) is 18.8 Å². The van der Waals surface area contributed by atoms with E-state index in [1.807, 2.05) is 23.9 Å². The average molecular weight is 417 g/mol. The van der Waals surface area contributed by atoms with Crippen LogP contribution in [0.25, 0.3) is 0 Å². The molecule has 1 fully saturated rings. The molecule has 0 radical (unpaired) electrons. The van der Waals surface area contributed by atoms with Crippen LogP contribution in [0.5, 0.6) is 0 Å². The van der Waals surface area contributed by atoms with E-state index in [0.29, 0.717) is 30.8 Å². The van der Waals surface area contributed by atoms with Crippen LogP contribution in [0.2, 0.25) is 0 Å². The van der Waals surface area contributed by atoms with Crippen molar-refractivity contribution in [3.8, 4) is 0 Å². The highest BCUT2D eigenvalue weighted by Gasteiger charge is 2.33. The Kier molecular flexibility index (Phi) is 5.75. The SMILES string of the molecule is O=C(N[C@H]1CCSc2ccccc21)C1CCN(S(=O)(=O)c2ccccc2)CC1. The summed E-state index contributed by atoms with van der Waals surface area (Å²) in [7, 11) is -3.48. The fourth-order valence-corrected chi connectivity index (χ4v) is 6.50. The van der Waals surface area contributed by atoms with Crippen LogP contribution in [-0.2, 0) is 14.8 Å². The number of rotatable bonds is 4. The number of piperidine rings is 1. The summed E-state index contributed by atoms with van der Waals surface area (Å²) in [5.41, 5.74) is 1.19. The van der Waals surface area contributed by atoms with Crippen molar-refractivity contribution >= 4 is 27.7 Å². The largest absolute Gasteiger partial charge is 0.349 e. The average Bonchev–Trinajstić information content (AvgIpc) is 2.75. The number of benzene rings is 2. The molecule has 148 valence electrons. The molecule has 7 heteroatoms. The summed E-state index contributed by atoms with van der Waals surface area (Å²) >= 11 is 1.83. The van der Waals surface area contributed by atoms with Crippen LogP contribution in [0.15, 0.2) is 64.4 Å². The van der Waals surface area contributed by atoms with Crippen molar-refractivity contribution in [3.05, 3.63) is 60.2 Å². The second-order valence-electron chi connectivity index (χ2n) is 7.23. The van der Waals surface area contributed by atoms with Gasteiger partial charge in [0, 0.05) is 29.7 Å². The normalized spacial score (nSPS) is 21.1. The van der Waals surface area contributed by atoms with Gasteiger partial charge in [0.15, 0.2) is 0 Å². The highest BCUT2D eigenvalue weighted by Crippen LogP contribution is 2.36. The van der Waals surface area contributed by atoms with Crippen LogP contribution in [-0.4, -0.2) is 37.5 Å². The van der Waals surface area contributed by atoms with E-state index in [0.717, 1.165) is 12.2 Å². The Morgan fingerprint density at radius 1 is 0.964 bits per heavy atom. The van der Waals surface area contributed by atoms with E-state index >= 15 is 0 Å². The van der Waals surface area contributed by atoms with Gasteiger partial charge in [0.05, 0.1) is 10.9 Å². The molecule has 0 spiro atoms. The lowest BCUT2D eigenvalue weighted by Gasteiger charge is -2.32. The number of nitrogens with one attached hydrogen (secondary N) is 1. The van der Waals surface area contributed by atoms with Gasteiger partial charge in [-0.1, -0.05) is 36.4 Å². The Morgan fingerprint density at radius 3 is 2.39 bits per heavy atom. The smallest absolute Gasteiger partial charge is 0.243 e. The van der Waals surface area contributed by atoms with E-state index in [4.69, 9.17) is 0 Å². The van der Waals surface area contributed by atoms with E-state index in [-0.39, 0.29) is 17.9 Å². The molecule has 1 amide bonds. The van der Waals surface area contributed by atoms with Crippen LogP contribution in [0.4, 0.5) is 0 Å². The molecule has 0 saturated carbocycles. The molecule has 1 atom stereocenters. The van der Waals surface area contributed by atoms with Gasteiger partial charge < -0.3 is 5.32 Å². The molecule has 0 unspecified atom stereocenters. The van der Waals surface area contributed by atoms with E-state index in [1.165, 1.54) is 14.8 Å². The summed E-state index contributed by atoms with van der Waals surface area (Å²) in [6.45, 7) is 0.763. The Morgan fingerprint density at radius 2 is 1.64 bits per heavy atom. The zero-order chi connectivity index (χ0) is 19.6. The first-order valence-electron chi connectivity index (χ1n) is 9.63. The molecule has 2 heterocycles. The molecule has 1 N–H and O–H groups in total. The molecule has 1 saturated heterocycles. The number of hydrogen-bond donors (Lipinski definition) is 1. The lowest BCUT2D eigenvalue weighted by molar-refractivity contribution is -0.126. The van der Waals surface area contributed by atoms with Crippen LogP contribution >= 0.6 is 11.8 Å². The molecule has 0 aliphatic carbocycles. The van der Waals surface area contributed by atoms with Gasteiger partial charge in [0.2, 0.25) is 15.9 Å². The minimum atomic E-state index is -3.48. The maximum absolute atomic E-state index is 12.8. The third-order valence-corrected chi connectivity index (χ3v) is 8.52. The minimum Gasteiger partial charge on any atom is -0.349 e. The molecule has 0 aromatic heterocycles. The zero-order valence-electron chi connectivity index (χ0n) is 15.6. The second kappa shape index (κ2) is 8.27. The number of nitrogens with zero attached hydrogens (tertiary/aromatic N) is 1. The van der Waals surface area contributed by atoms with Crippen molar-refractivity contribution in [3.63, 3.8) is 0 Å². The molecule has 2 aromatic rings. The van der Waals surface area contributed by atoms with Gasteiger partial charge in [-0.15, -0.1) is 11.8 Å². The van der Waals surface area contributed by atoms with Crippen molar-refractivity contribution in [2.24, 2.45) is 5.92 Å². The van der Waals surface area contributed by atoms with Crippen molar-refractivity contribution in [1.82, 2.24) is 9.62 Å². The number of fused-ring (bicyclic) bond motifs is 1. The maximum atomic E-state index is 12.8. The summed E-state index contributed by atoms with van der Waals surface area (Å²) in [5, 5.41) is 3.21. The topological polar surface area (TPSA) is 66.5 Å². The van der Waals surface area contributed by atoms with E-state index in [2.05, 4.69) is 17.4 Å². The number of carbonyl (C=O) groups excluding carboxylic acids is 1. The monoisotopic (exact) mass is 416 g/mol. The third kappa shape index (κ3) is 3.97. The van der Waals surface area contributed by atoms with Crippen LogP contribution < -0.4 is 5.32 Å². The zero-order valence-corrected chi connectivity index (χ0v) is 17.2. The molecule has 2 aliphatic heterocycles. The van der Waals surface area contributed by atoms with E-state index in [1.54, 1.807) is 30.3 Å². The van der Waals surface area contributed by atoms with Gasteiger partial charge in [-0.25, -0.2) is 8.42 Å². The summed E-state index contributed by atoms with van der Waals surface area (Å²) < 4.78 is 27.0. The van der Waals surface area contributed by atoms with Gasteiger partial charge in [-0.05, 0) is 43.0 Å². The fraction of sp³-hybridized carbons (Fsp3) is 0.381. The summed E-state index contributed by atoms with van der Waals surface area (Å²) in [4.78, 5) is 14.4. The standard InChI is InChI=1S/C21H24N2O3S2/c24-21(22-19-12-15-27-20-9-5-4-8-18(19)20)16-10-13-23(14-11-16)28(25,26)17-6-2-1-3-7-17/h1-9,16,19H,10-15H2,(H,22,24)/t19-/m0/s1. The predicted octanol–water partition coefficient (Wildman–Crippen LogP) is 3.44. The van der Waals surface area contributed by atoms with E-state index in [9.17, 15) is 13.2 Å². The molecule has 28 heavy (non-hydrogen) atoms. The van der Waals surface area contributed by atoms with Crippen molar-refractivity contribution < 1.29 is 13.2 Å². The molecule has 2 aromatic carbocycles. The molecule has 5 nitrogen and oxygen atoms in total. The predicted molar refractivity (Wildman–Crippen MR) is 111 cm³/mol. The number of carbonyl (C=O) groups is 1. The summed E-state index contributed by atoms with van der Waals surface area (Å²) in [6, 6.07) is 16.8. The van der Waals surface area contributed by atoms with Gasteiger partial charge in [-0.3, -0.25) is 4.79 Å². The Labute approximate surface area is 170 Å². The number of thioether (sulfide) groups is 1. The molecule has 4 rings (SSSR count). The van der Waals surface area contributed by atoms with Crippen molar-refractivity contribution in [2.45, 2.75) is 35.1 Å². The summed E-state index contributed by atoms with van der Waals surface area (Å²) in [5.74, 6) is 0.905. The second-order valence-corrected chi connectivity index (χ2v) is 10.3. The van der Waals surface area contributed by atoms with Gasteiger partial charge in [0.1, 0.15) is 0 Å². The molecular weight excluding hydrogens is 392 g/mol. The van der Waals surface area contributed by atoms with E-state index < -0.39 is 10.0 Å². The molecule has 0 bridgehead atoms. The first-order chi connectivity index (χ1) is 13.6. The lowest BCUT2D eigenvalue weighted by Crippen LogP contribution is -2.44. The minimum absolute atomic E-state index is 0.0449. The van der Waals surface area contributed by atoms with Crippen LogP contribution in [0, 0.1) is 5.92 Å². The van der Waals surface area contributed by atoms with Gasteiger partial charge in [-0.2, -0.15) is 4.31 Å². The molecular formula is C21H24N2O3S2. The quantitative estimate of drug-likeness (QED) is 0.829. The Balaban J connectivity index is 1.37. The highest BCUT2D eigenvalue weighted by atomic mass is 32.2. The molecule has 2 aliphatic rings. The van der Waals surface area contributed by atoms with Crippen LogP contribution in [0.1, 0.15) is 30.9 Å². The number of hydrogen-bond acceptors (Lipinski definition) is 4. The van der Waals surface area contributed by atoms with Crippen LogP contribution in [0.3, 0.4) is 0 Å². The Bertz CT molecular complexity index is 939. The van der Waals surface area contributed by atoms with Gasteiger partial charge in [0.25, 0.3) is 0 Å². The summed E-state index contributed by atoms with van der Waals surface area (Å²) in [6.07, 6.45) is 2.04. The number of amides is 1. The Hall–Kier alpha value is -1.83. The highest BCUT2D eigenvalue weighted by molar-refractivity contribution is 7.99. The third-order valence-electron chi connectivity index (χ3n) is 5.48. The fourth-order valence-electron chi connectivity index (χ4n) is 3.88. The maximum Gasteiger partial charge on any atom is 0.243 e. The van der Waals surface area contributed by atoms with Crippen molar-refractivity contribution in [1.29, 1.82) is 0 Å². The van der Waals surface area contributed by atoms with Gasteiger partial charge >= 0.3 is 0 Å². The first kappa shape index (κ1) is 19.5. The lowest BCUT2D eigenvalue weighted by atomic mass is 9.95. The first-order valence-corrected chi connectivity index (χ1v) is 12.1.